The van der Waals surface area contributed by atoms with Crippen LogP contribution in [0.4, 0.5) is 0 Å². The minimum absolute atomic E-state index is 0.0562. The van der Waals surface area contributed by atoms with Crippen molar-refractivity contribution in [2.75, 3.05) is 46.7 Å². The molecule has 3 saturated carbocycles. The average Bonchev–Trinajstić information content (AvgIpc) is 3.47. The lowest BCUT2D eigenvalue weighted by atomic mass is 9.52. The molecule has 12 unspecified atom stereocenters. The van der Waals surface area contributed by atoms with E-state index in [1.807, 2.05) is 0 Å². The Kier molecular flexibility index (Phi) is 21.2. The predicted octanol–water partition coefficient (Wildman–Crippen LogP) is 5.88. The summed E-state index contributed by atoms with van der Waals surface area (Å²) < 4.78 is 22.2. The van der Waals surface area contributed by atoms with E-state index in [0.717, 1.165) is 64.2 Å². The molecule has 0 spiro atoms. The van der Waals surface area contributed by atoms with Crippen molar-refractivity contribution < 1.29 is 44.5 Å². The van der Waals surface area contributed by atoms with Crippen molar-refractivity contribution in [1.82, 2.24) is 10.6 Å². The van der Waals surface area contributed by atoms with Crippen molar-refractivity contribution in [2.45, 2.75) is 194 Å². The number of aliphatic hydroxyl groups is 5. The molecule has 0 aliphatic heterocycles. The van der Waals surface area contributed by atoms with Crippen LogP contribution in [0.15, 0.2) is 0 Å². The summed E-state index contributed by atoms with van der Waals surface area (Å²) in [6.45, 7) is 16.5. The van der Waals surface area contributed by atoms with Crippen LogP contribution < -0.4 is 10.6 Å². The van der Waals surface area contributed by atoms with E-state index in [1.165, 1.54) is 12.8 Å². The molecule has 320 valence electrons. The first-order valence-electron chi connectivity index (χ1n) is 21.9. The van der Waals surface area contributed by atoms with Gasteiger partial charge < -0.3 is 44.5 Å². The zero-order valence-corrected chi connectivity index (χ0v) is 35.4. The standard InChI is InChI=1S/C43H84N2O9/c1-8-31-30-34(46)19-22-42(31,5)33-18-21-43(6)32(29-33)16-17-36(43)54-39(49)15-12-14-38(48)45-35(40(50)41(3,4)9-2)13-10-11-23-44-37(47)20-24-52-27-28-53-26-25-51-7/h31-40,44-50H,8-30H2,1-7H3. The van der Waals surface area contributed by atoms with Gasteiger partial charge in [-0.1, -0.05) is 54.4 Å². The highest BCUT2D eigenvalue weighted by Crippen LogP contribution is 2.61. The maximum Gasteiger partial charge on any atom is 0.154 e. The fourth-order valence-corrected chi connectivity index (χ4v) is 10.0. The smallest absolute Gasteiger partial charge is 0.154 e. The van der Waals surface area contributed by atoms with E-state index >= 15 is 0 Å². The third kappa shape index (κ3) is 14.4. The van der Waals surface area contributed by atoms with Crippen LogP contribution in [0.25, 0.3) is 0 Å². The molecule has 7 N–H and O–H groups in total. The monoisotopic (exact) mass is 773 g/mol. The van der Waals surface area contributed by atoms with E-state index in [-0.39, 0.29) is 29.1 Å². The number of methoxy groups -OCH3 is 1. The number of ether oxygens (including phenoxy) is 4. The normalized spacial score (nSPS) is 31.9. The molecule has 0 amide bonds. The van der Waals surface area contributed by atoms with E-state index in [2.05, 4.69) is 52.2 Å². The maximum absolute atomic E-state index is 11.3. The van der Waals surface area contributed by atoms with Crippen molar-refractivity contribution in [2.24, 2.45) is 34.0 Å². The number of hydrogen-bond donors (Lipinski definition) is 7. The topological polar surface area (TPSA) is 162 Å². The average molecular weight is 773 g/mol. The lowest BCUT2D eigenvalue weighted by Crippen LogP contribution is -2.51. The Morgan fingerprint density at radius 1 is 0.741 bits per heavy atom. The quantitative estimate of drug-likeness (QED) is 0.0376. The third-order valence-electron chi connectivity index (χ3n) is 14.4. The van der Waals surface area contributed by atoms with Gasteiger partial charge in [0.05, 0.1) is 51.3 Å². The molecule has 0 heterocycles. The summed E-state index contributed by atoms with van der Waals surface area (Å²) in [6, 6.07) is -0.278. The molecule has 0 bridgehead atoms. The number of fused-ring (bicyclic) bond motifs is 1. The lowest BCUT2D eigenvalue weighted by molar-refractivity contribution is -0.178. The molecule has 0 aromatic heterocycles. The summed E-state index contributed by atoms with van der Waals surface area (Å²) in [5.74, 6) is 1.90. The van der Waals surface area contributed by atoms with Gasteiger partial charge in [0.15, 0.2) is 6.29 Å². The molecule has 0 aromatic rings. The van der Waals surface area contributed by atoms with E-state index in [4.69, 9.17) is 18.9 Å². The Hall–Kier alpha value is -0.440. The zero-order chi connectivity index (χ0) is 39.8. The van der Waals surface area contributed by atoms with Gasteiger partial charge >= 0.3 is 0 Å². The molecule has 3 rings (SSSR count). The summed E-state index contributed by atoms with van der Waals surface area (Å²) in [4.78, 5) is 0. The van der Waals surface area contributed by atoms with Gasteiger partial charge in [-0.3, -0.25) is 10.6 Å². The maximum atomic E-state index is 11.3. The van der Waals surface area contributed by atoms with E-state index in [1.54, 1.807) is 7.11 Å². The summed E-state index contributed by atoms with van der Waals surface area (Å²) >= 11 is 0. The highest BCUT2D eigenvalue weighted by atomic mass is 16.6. The Balaban J connectivity index is 1.37. The second-order valence-corrected chi connectivity index (χ2v) is 18.3. The van der Waals surface area contributed by atoms with Crippen LogP contribution in [-0.4, -0.2) is 115 Å². The zero-order valence-electron chi connectivity index (χ0n) is 35.4. The SMILES string of the molecule is CCC1CC(O)CCC1(C)C1CCC2(C)C(CCC2OC(O)CCCC(O)NC(CCCCNC(O)CCOCCOCCOC)C(O)C(C)(C)CC)C1. The summed E-state index contributed by atoms with van der Waals surface area (Å²) in [7, 11) is 1.64. The summed E-state index contributed by atoms with van der Waals surface area (Å²) in [6.07, 6.45) is 12.0. The fraction of sp³-hybridized carbons (Fsp3) is 1.00. The lowest BCUT2D eigenvalue weighted by Gasteiger charge is -2.53. The molecule has 0 aromatic carbocycles. The molecule has 54 heavy (non-hydrogen) atoms. The third-order valence-corrected chi connectivity index (χ3v) is 14.4. The van der Waals surface area contributed by atoms with Gasteiger partial charge in [-0.25, -0.2) is 0 Å². The Morgan fingerprint density at radius 3 is 2.13 bits per heavy atom. The molecular weight excluding hydrogens is 688 g/mol. The molecule has 0 radical (unpaired) electrons. The molecule has 11 nitrogen and oxygen atoms in total. The first-order valence-corrected chi connectivity index (χ1v) is 21.9. The van der Waals surface area contributed by atoms with E-state index < -0.39 is 24.8 Å². The molecule has 3 fully saturated rings. The van der Waals surface area contributed by atoms with Gasteiger partial charge in [0.2, 0.25) is 0 Å². The van der Waals surface area contributed by atoms with Crippen molar-refractivity contribution in [3.05, 3.63) is 0 Å². The van der Waals surface area contributed by atoms with Crippen molar-refractivity contribution >= 4 is 0 Å². The van der Waals surface area contributed by atoms with E-state index in [9.17, 15) is 25.5 Å². The first kappa shape index (κ1) is 47.9. The highest BCUT2D eigenvalue weighted by molar-refractivity contribution is 5.04. The van der Waals surface area contributed by atoms with Gasteiger partial charge in [0, 0.05) is 19.6 Å². The summed E-state index contributed by atoms with van der Waals surface area (Å²) in [5, 5.41) is 60.5. The van der Waals surface area contributed by atoms with Gasteiger partial charge in [-0.05, 0) is 130 Å². The Labute approximate surface area is 329 Å². The van der Waals surface area contributed by atoms with Crippen LogP contribution in [0.2, 0.25) is 0 Å². The van der Waals surface area contributed by atoms with Crippen LogP contribution in [0.3, 0.4) is 0 Å². The number of unbranched alkanes of at least 4 members (excludes halogenated alkanes) is 1. The number of hydrogen-bond acceptors (Lipinski definition) is 11. The molecule has 0 saturated heterocycles. The van der Waals surface area contributed by atoms with Crippen LogP contribution in [-0.2, 0) is 18.9 Å². The number of aliphatic hydroxyl groups excluding tert-OH is 5. The van der Waals surface area contributed by atoms with Crippen LogP contribution >= 0.6 is 0 Å². The first-order chi connectivity index (χ1) is 25.7. The highest BCUT2D eigenvalue weighted by Gasteiger charge is 2.54. The molecular formula is C43H84N2O9. The molecule has 11 heteroatoms. The van der Waals surface area contributed by atoms with Crippen molar-refractivity contribution in [1.29, 1.82) is 0 Å². The van der Waals surface area contributed by atoms with Crippen molar-refractivity contribution in [3.63, 3.8) is 0 Å². The Morgan fingerprint density at radius 2 is 1.43 bits per heavy atom. The van der Waals surface area contributed by atoms with Gasteiger partial charge in [0.25, 0.3) is 0 Å². The largest absolute Gasteiger partial charge is 0.393 e. The Bertz CT molecular complexity index is 1010. The number of nitrogens with one attached hydrogen (secondary N) is 2. The second-order valence-electron chi connectivity index (χ2n) is 18.3. The minimum atomic E-state index is -0.854. The minimum Gasteiger partial charge on any atom is -0.393 e. The second kappa shape index (κ2) is 23.8. The van der Waals surface area contributed by atoms with Gasteiger partial charge in [-0.2, -0.15) is 0 Å². The van der Waals surface area contributed by atoms with Gasteiger partial charge in [0.1, 0.15) is 12.5 Å². The summed E-state index contributed by atoms with van der Waals surface area (Å²) in [5.41, 5.74) is 0.0806. The van der Waals surface area contributed by atoms with Gasteiger partial charge in [-0.15, -0.1) is 0 Å². The fourth-order valence-electron chi connectivity index (χ4n) is 10.0. The van der Waals surface area contributed by atoms with Crippen molar-refractivity contribution in [3.8, 4) is 0 Å². The molecule has 3 aliphatic carbocycles. The van der Waals surface area contributed by atoms with Crippen LogP contribution in [0.5, 0.6) is 0 Å². The molecule has 3 aliphatic rings. The predicted molar refractivity (Wildman–Crippen MR) is 214 cm³/mol. The number of rotatable bonds is 28. The molecule has 12 atom stereocenters. The van der Waals surface area contributed by atoms with Crippen LogP contribution in [0.1, 0.15) is 151 Å². The van der Waals surface area contributed by atoms with Crippen LogP contribution in [0, 0.1) is 34.0 Å². The van der Waals surface area contributed by atoms with E-state index in [0.29, 0.717) is 94.9 Å².